The van der Waals surface area contributed by atoms with E-state index >= 15 is 0 Å². The molecule has 1 rings (SSSR count). The number of hydrogen-bond donors (Lipinski definition) is 2. The van der Waals surface area contributed by atoms with Crippen LogP contribution in [-0.4, -0.2) is 17.8 Å². The molecule has 0 spiro atoms. The van der Waals surface area contributed by atoms with Gasteiger partial charge in [0.15, 0.2) is 0 Å². The monoisotopic (exact) mass is 219 g/mol. The Morgan fingerprint density at radius 3 is 2.62 bits per heavy atom. The second kappa shape index (κ2) is 4.82. The summed E-state index contributed by atoms with van der Waals surface area (Å²) in [6.45, 7) is -0.0427. The smallest absolute Gasteiger partial charge is 0.0585 e. The van der Waals surface area contributed by atoms with E-state index in [1.54, 1.807) is 12.1 Å². The van der Waals surface area contributed by atoms with Gasteiger partial charge in [0.2, 0.25) is 0 Å². The van der Waals surface area contributed by atoms with Crippen LogP contribution < -0.4 is 5.73 Å². The largest absolute Gasteiger partial charge is 0.395 e. The van der Waals surface area contributed by atoms with Gasteiger partial charge in [-0.25, -0.2) is 0 Å². The summed E-state index contributed by atoms with van der Waals surface area (Å²) in [6, 6.07) is 4.98. The van der Waals surface area contributed by atoms with Gasteiger partial charge < -0.3 is 10.8 Å². The topological polar surface area (TPSA) is 46.2 Å². The van der Waals surface area contributed by atoms with Gasteiger partial charge in [0.1, 0.15) is 0 Å². The lowest BCUT2D eigenvalue weighted by Crippen LogP contribution is -2.26. The highest BCUT2D eigenvalue weighted by molar-refractivity contribution is 6.35. The van der Waals surface area contributed by atoms with Crippen molar-refractivity contribution in [2.45, 2.75) is 12.5 Å². The predicted molar refractivity (Wildman–Crippen MR) is 55.2 cm³/mol. The van der Waals surface area contributed by atoms with Crippen molar-refractivity contribution in [1.82, 2.24) is 0 Å². The second-order valence-electron chi connectivity index (χ2n) is 2.88. The fourth-order valence-electron chi connectivity index (χ4n) is 1.03. The van der Waals surface area contributed by atoms with E-state index < -0.39 is 0 Å². The fourth-order valence-corrected chi connectivity index (χ4v) is 1.52. The zero-order valence-electron chi connectivity index (χ0n) is 7.00. The standard InChI is InChI=1S/C9H11Cl2NO/c10-7-2-1-6(9(11)4-7)3-8(12)5-13/h1-2,4,8,13H,3,5,12H2. The van der Waals surface area contributed by atoms with Gasteiger partial charge in [-0.1, -0.05) is 29.3 Å². The average molecular weight is 220 g/mol. The summed E-state index contributed by atoms with van der Waals surface area (Å²) in [7, 11) is 0. The summed E-state index contributed by atoms with van der Waals surface area (Å²) in [5, 5.41) is 9.94. The van der Waals surface area contributed by atoms with E-state index in [2.05, 4.69) is 0 Å². The van der Waals surface area contributed by atoms with E-state index in [1.165, 1.54) is 0 Å². The van der Waals surface area contributed by atoms with Crippen LogP contribution in [0.4, 0.5) is 0 Å². The molecule has 0 bridgehead atoms. The molecule has 0 aliphatic heterocycles. The normalized spacial score (nSPS) is 12.9. The molecule has 72 valence electrons. The third-order valence-corrected chi connectivity index (χ3v) is 2.32. The molecule has 0 saturated carbocycles. The van der Waals surface area contributed by atoms with Gasteiger partial charge in [0.25, 0.3) is 0 Å². The van der Waals surface area contributed by atoms with Crippen molar-refractivity contribution >= 4 is 23.2 Å². The lowest BCUT2D eigenvalue weighted by molar-refractivity contribution is 0.265. The van der Waals surface area contributed by atoms with Crippen LogP contribution in [0.1, 0.15) is 5.56 Å². The van der Waals surface area contributed by atoms with Crippen molar-refractivity contribution < 1.29 is 5.11 Å². The highest BCUT2D eigenvalue weighted by atomic mass is 35.5. The van der Waals surface area contributed by atoms with Crippen molar-refractivity contribution in [2.24, 2.45) is 5.73 Å². The van der Waals surface area contributed by atoms with Crippen molar-refractivity contribution in [3.05, 3.63) is 33.8 Å². The molecule has 0 aliphatic rings. The summed E-state index contributed by atoms with van der Waals surface area (Å²) in [5.74, 6) is 0. The van der Waals surface area contributed by atoms with Gasteiger partial charge in [-0.3, -0.25) is 0 Å². The van der Waals surface area contributed by atoms with Crippen LogP contribution in [0.25, 0.3) is 0 Å². The summed E-state index contributed by atoms with van der Waals surface area (Å²) >= 11 is 11.6. The van der Waals surface area contributed by atoms with Crippen LogP contribution in [0, 0.1) is 0 Å². The average Bonchev–Trinajstić information content (AvgIpc) is 2.09. The number of aliphatic hydroxyl groups is 1. The summed E-state index contributed by atoms with van der Waals surface area (Å²) < 4.78 is 0. The third-order valence-electron chi connectivity index (χ3n) is 1.73. The Labute approximate surface area is 87.3 Å². The minimum Gasteiger partial charge on any atom is -0.395 e. The summed E-state index contributed by atoms with van der Waals surface area (Å²) in [6.07, 6.45) is 0.562. The molecule has 2 nitrogen and oxygen atoms in total. The first kappa shape index (κ1) is 10.8. The van der Waals surface area contributed by atoms with Crippen molar-refractivity contribution in [3.8, 4) is 0 Å². The Balaban J connectivity index is 2.77. The molecule has 0 aromatic heterocycles. The quantitative estimate of drug-likeness (QED) is 0.816. The van der Waals surface area contributed by atoms with E-state index in [4.69, 9.17) is 34.0 Å². The Bertz CT molecular complexity index is 291. The van der Waals surface area contributed by atoms with E-state index in [9.17, 15) is 0 Å². The summed E-state index contributed by atoms with van der Waals surface area (Å²) in [5.41, 5.74) is 6.48. The molecular weight excluding hydrogens is 209 g/mol. The number of halogens is 2. The molecule has 13 heavy (non-hydrogen) atoms. The lowest BCUT2D eigenvalue weighted by Gasteiger charge is -2.09. The highest BCUT2D eigenvalue weighted by Crippen LogP contribution is 2.21. The second-order valence-corrected chi connectivity index (χ2v) is 3.73. The molecule has 0 heterocycles. The van der Waals surface area contributed by atoms with Gasteiger partial charge >= 0.3 is 0 Å². The number of nitrogens with two attached hydrogens (primary N) is 1. The first-order valence-corrected chi connectivity index (χ1v) is 4.69. The summed E-state index contributed by atoms with van der Waals surface area (Å²) in [4.78, 5) is 0. The molecule has 0 amide bonds. The van der Waals surface area contributed by atoms with Gasteiger partial charge in [-0.2, -0.15) is 0 Å². The van der Waals surface area contributed by atoms with E-state index in [0.29, 0.717) is 16.5 Å². The predicted octanol–water partition coefficient (Wildman–Crippen LogP) is 1.86. The maximum atomic E-state index is 8.75. The number of rotatable bonds is 3. The van der Waals surface area contributed by atoms with Crippen molar-refractivity contribution in [2.75, 3.05) is 6.61 Å². The van der Waals surface area contributed by atoms with Crippen LogP contribution in [0.2, 0.25) is 10.0 Å². The van der Waals surface area contributed by atoms with E-state index in [1.807, 2.05) is 6.07 Å². The minimum absolute atomic E-state index is 0.0427. The van der Waals surface area contributed by atoms with Crippen molar-refractivity contribution in [3.63, 3.8) is 0 Å². The Morgan fingerprint density at radius 1 is 1.38 bits per heavy atom. The third kappa shape index (κ3) is 3.16. The fraction of sp³-hybridized carbons (Fsp3) is 0.333. The van der Waals surface area contributed by atoms with Crippen LogP contribution in [0.5, 0.6) is 0 Å². The lowest BCUT2D eigenvalue weighted by atomic mass is 10.1. The van der Waals surface area contributed by atoms with Crippen LogP contribution in [-0.2, 0) is 6.42 Å². The molecule has 1 unspecified atom stereocenters. The first-order valence-electron chi connectivity index (χ1n) is 3.94. The molecule has 0 radical (unpaired) electrons. The van der Waals surface area contributed by atoms with E-state index in [-0.39, 0.29) is 12.6 Å². The maximum Gasteiger partial charge on any atom is 0.0585 e. The van der Waals surface area contributed by atoms with Crippen LogP contribution in [0.15, 0.2) is 18.2 Å². The molecule has 0 saturated heterocycles. The van der Waals surface area contributed by atoms with Gasteiger partial charge in [-0.15, -0.1) is 0 Å². The molecule has 1 aromatic rings. The number of aliphatic hydroxyl groups excluding tert-OH is 1. The van der Waals surface area contributed by atoms with Gasteiger partial charge in [0, 0.05) is 16.1 Å². The van der Waals surface area contributed by atoms with E-state index in [0.717, 1.165) is 5.56 Å². The first-order chi connectivity index (χ1) is 6.13. The van der Waals surface area contributed by atoms with Gasteiger partial charge in [0.05, 0.1) is 6.61 Å². The molecule has 0 fully saturated rings. The molecule has 1 aromatic carbocycles. The van der Waals surface area contributed by atoms with Gasteiger partial charge in [-0.05, 0) is 24.1 Å². The SMILES string of the molecule is NC(CO)Cc1ccc(Cl)cc1Cl. The minimum atomic E-state index is -0.265. The van der Waals surface area contributed by atoms with Crippen molar-refractivity contribution in [1.29, 1.82) is 0 Å². The number of benzene rings is 1. The molecule has 4 heteroatoms. The molecule has 1 atom stereocenters. The molecule has 0 aliphatic carbocycles. The molecule has 3 N–H and O–H groups in total. The molecular formula is C9H11Cl2NO. The Hall–Kier alpha value is -0.280. The maximum absolute atomic E-state index is 8.75. The Kier molecular flexibility index (Phi) is 4.00. The zero-order valence-corrected chi connectivity index (χ0v) is 8.52. The Morgan fingerprint density at radius 2 is 2.08 bits per heavy atom. The van der Waals surface area contributed by atoms with Crippen LogP contribution in [0.3, 0.4) is 0 Å². The highest BCUT2D eigenvalue weighted by Gasteiger charge is 2.06. The van der Waals surface area contributed by atoms with Crippen LogP contribution >= 0.6 is 23.2 Å². The zero-order chi connectivity index (χ0) is 9.84. The number of hydrogen-bond acceptors (Lipinski definition) is 2.